The molecule has 130 valence electrons. The third-order valence-corrected chi connectivity index (χ3v) is 4.65. The van der Waals surface area contributed by atoms with E-state index in [4.69, 9.17) is 27.6 Å². The third-order valence-electron chi connectivity index (χ3n) is 3.91. The monoisotopic (exact) mass is 387 g/mol. The molecule has 4 aromatic rings. The zero-order chi connectivity index (χ0) is 18.4. The SMILES string of the molecule is Cc1ncc(-c2c(C(=O)Nc3ccc(Cl)c(Cl)c3)c3cc(O)c2o3)cn1. The second-order valence-corrected chi connectivity index (χ2v) is 6.49. The maximum Gasteiger partial charge on any atom is 0.260 e. The highest BCUT2D eigenvalue weighted by molar-refractivity contribution is 6.42. The molecule has 0 saturated heterocycles. The van der Waals surface area contributed by atoms with E-state index in [1.807, 2.05) is 0 Å². The molecule has 26 heavy (non-hydrogen) atoms. The van der Waals surface area contributed by atoms with Gasteiger partial charge in [0.1, 0.15) is 11.4 Å². The molecule has 2 bridgehead atoms. The zero-order valence-corrected chi connectivity index (χ0v) is 14.9. The molecule has 0 atom stereocenters. The summed E-state index contributed by atoms with van der Waals surface area (Å²) in [5.74, 6) is 0.145. The van der Waals surface area contributed by atoms with Crippen LogP contribution in [0.3, 0.4) is 0 Å². The number of carbonyl (C=O) groups is 1. The number of nitrogens with zero attached hydrogens (tertiary/aromatic N) is 2. The van der Waals surface area contributed by atoms with Crippen molar-refractivity contribution in [3.05, 3.63) is 58.1 Å². The van der Waals surface area contributed by atoms with Crippen molar-refractivity contribution in [2.45, 2.75) is 6.92 Å². The quantitative estimate of drug-likeness (QED) is 0.521. The number of carbonyl (C=O) groups excluding carboxylic acids is 1. The Morgan fingerprint density at radius 2 is 1.88 bits per heavy atom. The van der Waals surface area contributed by atoms with Gasteiger partial charge >= 0.3 is 0 Å². The number of anilines is 1. The summed E-state index contributed by atoms with van der Waals surface area (Å²) in [4.78, 5) is 21.1. The summed E-state index contributed by atoms with van der Waals surface area (Å²) in [6.07, 6.45) is 3.16. The van der Waals surface area contributed by atoms with E-state index in [1.54, 1.807) is 37.5 Å². The molecule has 0 aliphatic rings. The van der Waals surface area contributed by atoms with E-state index in [9.17, 15) is 9.90 Å². The molecule has 0 aliphatic carbocycles. The van der Waals surface area contributed by atoms with E-state index in [0.29, 0.717) is 32.7 Å². The first-order chi connectivity index (χ1) is 12.4. The molecule has 2 N–H and O–H groups in total. The lowest BCUT2D eigenvalue weighted by molar-refractivity contribution is 0.102. The average molecular weight is 388 g/mol. The molecule has 0 aliphatic heterocycles. The molecule has 0 spiro atoms. The molecular weight excluding hydrogens is 377 g/mol. The van der Waals surface area contributed by atoms with Crippen molar-refractivity contribution in [3.8, 4) is 16.9 Å². The van der Waals surface area contributed by atoms with E-state index in [1.165, 1.54) is 6.07 Å². The molecule has 0 unspecified atom stereocenters. The van der Waals surface area contributed by atoms with E-state index >= 15 is 0 Å². The fourth-order valence-electron chi connectivity index (χ4n) is 2.71. The van der Waals surface area contributed by atoms with Crippen LogP contribution < -0.4 is 5.32 Å². The van der Waals surface area contributed by atoms with Gasteiger partial charge in [0.15, 0.2) is 11.3 Å². The topological polar surface area (TPSA) is 88.2 Å². The van der Waals surface area contributed by atoms with E-state index < -0.39 is 5.91 Å². The summed E-state index contributed by atoms with van der Waals surface area (Å²) >= 11 is 11.9. The number of benzene rings is 2. The van der Waals surface area contributed by atoms with Crippen molar-refractivity contribution in [2.24, 2.45) is 0 Å². The van der Waals surface area contributed by atoms with Gasteiger partial charge in [-0.1, -0.05) is 23.2 Å². The minimum atomic E-state index is -0.410. The molecule has 0 saturated carbocycles. The molecule has 3 aromatic heterocycles. The minimum Gasteiger partial charge on any atom is -0.504 e. The third kappa shape index (κ3) is 2.73. The van der Waals surface area contributed by atoms with E-state index in [2.05, 4.69) is 15.3 Å². The standard InChI is InChI=1S/C18H11Cl2N3O3/c1-8-21-6-9(7-22-8)15-16(14-5-13(24)17(15)26-14)18(25)23-10-2-3-11(19)12(20)4-10/h2-7,24H,1H3,(H,23,25). The largest absolute Gasteiger partial charge is 0.504 e. The number of phenolic OH excluding ortho intramolecular Hbond substituents is 1. The number of phenols is 1. The molecule has 6 nitrogen and oxygen atoms in total. The second-order valence-electron chi connectivity index (χ2n) is 5.68. The lowest BCUT2D eigenvalue weighted by Gasteiger charge is -2.08. The molecule has 1 aromatic carbocycles. The summed E-state index contributed by atoms with van der Waals surface area (Å²) in [5, 5.41) is 13.5. The van der Waals surface area contributed by atoms with Crippen LogP contribution >= 0.6 is 23.2 Å². The van der Waals surface area contributed by atoms with Gasteiger partial charge in [0.05, 0.1) is 15.6 Å². The summed E-state index contributed by atoms with van der Waals surface area (Å²) in [6.45, 7) is 1.76. The van der Waals surface area contributed by atoms with Gasteiger partial charge in [0.2, 0.25) is 0 Å². The zero-order valence-electron chi connectivity index (χ0n) is 13.4. The lowest BCUT2D eigenvalue weighted by Crippen LogP contribution is -2.13. The van der Waals surface area contributed by atoms with Gasteiger partial charge in [-0.2, -0.15) is 0 Å². The number of aromatic nitrogens is 2. The molecule has 3 heterocycles. The van der Waals surface area contributed by atoms with Crippen molar-refractivity contribution >= 4 is 46.0 Å². The summed E-state index contributed by atoms with van der Waals surface area (Å²) in [7, 11) is 0. The summed E-state index contributed by atoms with van der Waals surface area (Å²) in [5.41, 5.74) is 2.27. The molecule has 0 fully saturated rings. The van der Waals surface area contributed by atoms with Gasteiger partial charge in [0, 0.05) is 35.3 Å². The maximum atomic E-state index is 12.8. The Balaban J connectivity index is 1.78. The van der Waals surface area contributed by atoms with E-state index in [0.717, 1.165) is 0 Å². The van der Waals surface area contributed by atoms with Crippen LogP contribution in [0.2, 0.25) is 10.0 Å². The van der Waals surface area contributed by atoms with Crippen LogP contribution in [-0.2, 0) is 0 Å². The number of aromatic hydroxyl groups is 1. The highest BCUT2D eigenvalue weighted by atomic mass is 35.5. The van der Waals surface area contributed by atoms with Gasteiger partial charge in [-0.3, -0.25) is 4.79 Å². The normalized spacial score (nSPS) is 11.2. The Labute approximate surface area is 157 Å². The van der Waals surface area contributed by atoms with Crippen LogP contribution in [0, 0.1) is 6.92 Å². The number of hydrogen-bond acceptors (Lipinski definition) is 5. The molecule has 1 amide bonds. The summed E-state index contributed by atoms with van der Waals surface area (Å²) < 4.78 is 5.55. The van der Waals surface area contributed by atoms with E-state index in [-0.39, 0.29) is 22.5 Å². The van der Waals surface area contributed by atoms with Crippen LogP contribution in [0.5, 0.6) is 5.75 Å². The van der Waals surface area contributed by atoms with Crippen LogP contribution in [0.4, 0.5) is 5.69 Å². The minimum absolute atomic E-state index is 0.0401. The molecule has 8 heteroatoms. The predicted octanol–water partition coefficient (Wildman–Crippen LogP) is 4.90. The first-order valence-corrected chi connectivity index (χ1v) is 8.33. The number of hydrogen-bond donors (Lipinski definition) is 2. The average Bonchev–Trinajstić information content (AvgIpc) is 3.16. The maximum absolute atomic E-state index is 12.8. The second kappa shape index (κ2) is 6.16. The van der Waals surface area contributed by atoms with Gasteiger partial charge in [0.25, 0.3) is 5.91 Å². The lowest BCUT2D eigenvalue weighted by atomic mass is 10.0. The van der Waals surface area contributed by atoms with Crippen molar-refractivity contribution in [1.29, 1.82) is 0 Å². The predicted molar refractivity (Wildman–Crippen MR) is 99.2 cm³/mol. The van der Waals surface area contributed by atoms with Gasteiger partial charge < -0.3 is 14.8 Å². The van der Waals surface area contributed by atoms with Crippen LogP contribution in [-0.4, -0.2) is 21.0 Å². The highest BCUT2D eigenvalue weighted by Crippen LogP contribution is 2.42. The molecule has 4 rings (SSSR count). The number of nitrogens with one attached hydrogen (secondary N) is 1. The number of halogens is 2. The van der Waals surface area contributed by atoms with Crippen LogP contribution in [0.25, 0.3) is 22.3 Å². The van der Waals surface area contributed by atoms with Crippen LogP contribution in [0.1, 0.15) is 16.2 Å². The number of fused-ring (bicyclic) bond motifs is 2. The smallest absolute Gasteiger partial charge is 0.260 e. The first-order valence-electron chi connectivity index (χ1n) is 7.57. The molecule has 0 radical (unpaired) electrons. The Bertz CT molecular complexity index is 1120. The number of rotatable bonds is 3. The Morgan fingerprint density at radius 1 is 1.15 bits per heavy atom. The number of amides is 1. The first kappa shape index (κ1) is 16.6. The molecular formula is C18H11Cl2N3O3. The Kier molecular flexibility index (Phi) is 3.94. The number of aryl methyl sites for hydroxylation is 1. The Morgan fingerprint density at radius 3 is 2.58 bits per heavy atom. The van der Waals surface area contributed by atoms with Gasteiger partial charge in [-0.05, 0) is 25.1 Å². The van der Waals surface area contributed by atoms with Gasteiger partial charge in [-0.15, -0.1) is 0 Å². The summed E-state index contributed by atoms with van der Waals surface area (Å²) in [6, 6.07) is 6.18. The number of furan rings is 2. The van der Waals surface area contributed by atoms with Crippen molar-refractivity contribution in [3.63, 3.8) is 0 Å². The van der Waals surface area contributed by atoms with Crippen LogP contribution in [0.15, 0.2) is 41.1 Å². The fraction of sp³-hybridized carbons (Fsp3) is 0.0556. The van der Waals surface area contributed by atoms with Crippen molar-refractivity contribution < 1.29 is 14.3 Å². The van der Waals surface area contributed by atoms with Crippen molar-refractivity contribution in [2.75, 3.05) is 5.32 Å². The fourth-order valence-corrected chi connectivity index (χ4v) is 3.01. The highest BCUT2D eigenvalue weighted by Gasteiger charge is 2.27. The van der Waals surface area contributed by atoms with Crippen molar-refractivity contribution in [1.82, 2.24) is 9.97 Å². The van der Waals surface area contributed by atoms with Gasteiger partial charge in [-0.25, -0.2) is 9.97 Å². The Hall–Kier alpha value is -2.83.